The summed E-state index contributed by atoms with van der Waals surface area (Å²) in [5, 5.41) is 5.80. The Morgan fingerprint density at radius 2 is 2.20 bits per heavy atom. The van der Waals surface area contributed by atoms with Gasteiger partial charge in [0.25, 0.3) is 0 Å². The van der Waals surface area contributed by atoms with Gasteiger partial charge in [-0.05, 0) is 51.6 Å². The van der Waals surface area contributed by atoms with E-state index in [0.29, 0.717) is 12.0 Å². The Hall–Kier alpha value is -1.14. The number of hydrogen-bond acceptors (Lipinski definition) is 5. The Labute approximate surface area is 120 Å². The van der Waals surface area contributed by atoms with Crippen LogP contribution in [-0.2, 0) is 9.53 Å². The number of alkyl carbamates (subject to hydrolysis) is 1. The number of ether oxygens (including phenoxy) is 1. The molecule has 2 aliphatic rings. The first-order chi connectivity index (χ1) is 9.69. The molecular weight excluding hydrogens is 258 g/mol. The van der Waals surface area contributed by atoms with E-state index in [0.717, 1.165) is 26.1 Å². The van der Waals surface area contributed by atoms with Gasteiger partial charge in [-0.15, -0.1) is 0 Å². The molecule has 0 bridgehead atoms. The molecule has 2 atom stereocenters. The molecule has 2 fully saturated rings. The maximum absolute atomic E-state index is 11.8. The quantitative estimate of drug-likeness (QED) is 0.795. The van der Waals surface area contributed by atoms with E-state index in [1.807, 2.05) is 0 Å². The molecule has 0 spiro atoms. The molecule has 0 saturated carbocycles. The first-order valence-corrected chi connectivity index (χ1v) is 7.61. The van der Waals surface area contributed by atoms with Crippen molar-refractivity contribution in [1.82, 2.24) is 15.5 Å². The summed E-state index contributed by atoms with van der Waals surface area (Å²) in [6.07, 6.45) is 4.20. The Morgan fingerprint density at radius 3 is 2.90 bits per heavy atom. The van der Waals surface area contributed by atoms with E-state index in [-0.39, 0.29) is 19.1 Å². The highest BCUT2D eigenvalue weighted by atomic mass is 16.5. The third kappa shape index (κ3) is 4.45. The Bertz CT molecular complexity index is 343. The summed E-state index contributed by atoms with van der Waals surface area (Å²) in [4.78, 5) is 25.1. The summed E-state index contributed by atoms with van der Waals surface area (Å²) in [5.74, 6) is 0.352. The number of carbonyl (C=O) groups is 2. The number of amides is 2. The zero-order valence-electron chi connectivity index (χ0n) is 12.2. The highest BCUT2D eigenvalue weighted by molar-refractivity contribution is 5.92. The number of nitrogens with zero attached hydrogens (tertiary/aromatic N) is 1. The van der Waals surface area contributed by atoms with Crippen LogP contribution in [0.15, 0.2) is 0 Å². The normalized spacial score (nSPS) is 27.2. The van der Waals surface area contributed by atoms with Crippen molar-refractivity contribution in [3.8, 4) is 0 Å². The van der Waals surface area contributed by atoms with Gasteiger partial charge in [-0.2, -0.15) is 0 Å². The molecule has 20 heavy (non-hydrogen) atoms. The Kier molecular flexibility index (Phi) is 5.79. The van der Waals surface area contributed by atoms with Crippen molar-refractivity contribution in [3.63, 3.8) is 0 Å². The molecule has 2 saturated heterocycles. The number of rotatable bonds is 4. The molecule has 0 aromatic carbocycles. The number of piperidine rings is 1. The van der Waals surface area contributed by atoms with E-state index in [9.17, 15) is 9.59 Å². The maximum Gasteiger partial charge on any atom is 0.413 e. The summed E-state index contributed by atoms with van der Waals surface area (Å²) < 4.78 is 4.70. The first-order valence-electron chi connectivity index (χ1n) is 7.61. The number of likely N-dealkylation sites (tertiary alicyclic amines) is 1. The maximum atomic E-state index is 11.8. The molecule has 2 rings (SSSR count). The fourth-order valence-corrected chi connectivity index (χ4v) is 3.20. The molecular formula is C14H25N3O3. The first kappa shape index (κ1) is 15.3. The molecule has 2 amide bonds. The predicted octanol–water partition coefficient (Wildman–Crippen LogP) is 0.723. The van der Waals surface area contributed by atoms with E-state index in [1.54, 1.807) is 6.92 Å². The van der Waals surface area contributed by atoms with Crippen molar-refractivity contribution in [1.29, 1.82) is 0 Å². The summed E-state index contributed by atoms with van der Waals surface area (Å²) in [6.45, 7) is 5.26. The minimum absolute atomic E-state index is 0.275. The fourth-order valence-electron chi connectivity index (χ4n) is 3.20. The summed E-state index contributed by atoms with van der Waals surface area (Å²) >= 11 is 0. The zero-order chi connectivity index (χ0) is 14.4. The van der Waals surface area contributed by atoms with Gasteiger partial charge in [0.1, 0.15) is 0 Å². The number of hydrogen-bond donors (Lipinski definition) is 2. The van der Waals surface area contributed by atoms with Crippen LogP contribution in [0.1, 0.15) is 32.6 Å². The van der Waals surface area contributed by atoms with Gasteiger partial charge in [-0.25, -0.2) is 4.79 Å². The van der Waals surface area contributed by atoms with Crippen LogP contribution in [0, 0.1) is 5.92 Å². The fraction of sp³-hybridized carbons (Fsp3) is 0.857. The Morgan fingerprint density at radius 1 is 1.35 bits per heavy atom. The van der Waals surface area contributed by atoms with Gasteiger partial charge in [0.2, 0.25) is 5.91 Å². The van der Waals surface area contributed by atoms with Gasteiger partial charge in [0.15, 0.2) is 0 Å². The number of carbonyl (C=O) groups excluding carboxylic acids is 2. The lowest BCUT2D eigenvalue weighted by Gasteiger charge is -2.35. The van der Waals surface area contributed by atoms with E-state index in [4.69, 9.17) is 4.74 Å². The minimum Gasteiger partial charge on any atom is -0.450 e. The molecule has 2 N–H and O–H groups in total. The van der Waals surface area contributed by atoms with Gasteiger partial charge >= 0.3 is 6.09 Å². The average Bonchev–Trinajstić information content (AvgIpc) is 2.92. The van der Waals surface area contributed by atoms with Gasteiger partial charge in [-0.1, -0.05) is 0 Å². The molecule has 0 aromatic rings. The molecule has 114 valence electrons. The highest BCUT2D eigenvalue weighted by Gasteiger charge is 2.29. The third-order valence-corrected chi connectivity index (χ3v) is 4.09. The summed E-state index contributed by atoms with van der Waals surface area (Å²) in [5.41, 5.74) is 0. The van der Waals surface area contributed by atoms with Gasteiger partial charge in [0, 0.05) is 12.6 Å². The van der Waals surface area contributed by atoms with E-state index in [2.05, 4.69) is 15.5 Å². The molecule has 0 radical (unpaired) electrons. The monoisotopic (exact) mass is 283 g/mol. The zero-order valence-corrected chi connectivity index (χ0v) is 12.2. The van der Waals surface area contributed by atoms with Crippen molar-refractivity contribution in [2.75, 3.05) is 32.8 Å². The second-order valence-corrected chi connectivity index (χ2v) is 5.61. The van der Waals surface area contributed by atoms with E-state index < -0.39 is 6.09 Å². The van der Waals surface area contributed by atoms with Gasteiger partial charge < -0.3 is 10.1 Å². The van der Waals surface area contributed by atoms with Crippen molar-refractivity contribution < 1.29 is 14.3 Å². The van der Waals surface area contributed by atoms with E-state index >= 15 is 0 Å². The van der Waals surface area contributed by atoms with Crippen molar-refractivity contribution in [2.24, 2.45) is 5.92 Å². The van der Waals surface area contributed by atoms with Crippen LogP contribution in [0.2, 0.25) is 0 Å². The van der Waals surface area contributed by atoms with Crippen LogP contribution >= 0.6 is 0 Å². The minimum atomic E-state index is -0.650. The number of nitrogens with one attached hydrogen (secondary N) is 2. The topological polar surface area (TPSA) is 70.7 Å². The lowest BCUT2D eigenvalue weighted by molar-refractivity contribution is -0.122. The molecule has 6 heteroatoms. The molecule has 2 unspecified atom stereocenters. The summed E-state index contributed by atoms with van der Waals surface area (Å²) in [7, 11) is 0. The van der Waals surface area contributed by atoms with Crippen LogP contribution in [0.25, 0.3) is 0 Å². The SMILES string of the molecule is CCOC(=O)NC(=O)CN1CCCC(C2CCCN2)C1. The van der Waals surface area contributed by atoms with Crippen molar-refractivity contribution in [2.45, 2.75) is 38.6 Å². The van der Waals surface area contributed by atoms with Crippen LogP contribution in [0.3, 0.4) is 0 Å². The van der Waals surface area contributed by atoms with Crippen LogP contribution in [0.5, 0.6) is 0 Å². The third-order valence-electron chi connectivity index (χ3n) is 4.09. The smallest absolute Gasteiger partial charge is 0.413 e. The van der Waals surface area contributed by atoms with Gasteiger partial charge in [0.05, 0.1) is 13.2 Å². The molecule has 6 nitrogen and oxygen atoms in total. The lowest BCUT2D eigenvalue weighted by Crippen LogP contribution is -2.47. The second-order valence-electron chi connectivity index (χ2n) is 5.61. The molecule has 0 aliphatic carbocycles. The lowest BCUT2D eigenvalue weighted by atomic mass is 9.90. The molecule has 0 aromatic heterocycles. The van der Waals surface area contributed by atoms with Crippen LogP contribution < -0.4 is 10.6 Å². The molecule has 2 aliphatic heterocycles. The highest BCUT2D eigenvalue weighted by Crippen LogP contribution is 2.24. The predicted molar refractivity (Wildman–Crippen MR) is 75.4 cm³/mol. The Balaban J connectivity index is 1.74. The van der Waals surface area contributed by atoms with Crippen molar-refractivity contribution >= 4 is 12.0 Å². The largest absolute Gasteiger partial charge is 0.450 e. The van der Waals surface area contributed by atoms with E-state index in [1.165, 1.54) is 19.3 Å². The summed E-state index contributed by atoms with van der Waals surface area (Å²) in [6, 6.07) is 0.603. The van der Waals surface area contributed by atoms with Crippen LogP contribution in [0.4, 0.5) is 4.79 Å². The van der Waals surface area contributed by atoms with Gasteiger partial charge in [-0.3, -0.25) is 15.0 Å². The van der Waals surface area contributed by atoms with Crippen molar-refractivity contribution in [3.05, 3.63) is 0 Å². The standard InChI is InChI=1S/C14H25N3O3/c1-2-20-14(19)16-13(18)10-17-8-4-5-11(9-17)12-6-3-7-15-12/h11-12,15H,2-10H2,1H3,(H,16,18,19). The average molecular weight is 283 g/mol. The number of imide groups is 1. The van der Waals surface area contributed by atoms with Crippen LogP contribution in [-0.4, -0.2) is 55.7 Å². The second kappa shape index (κ2) is 7.59. The molecule has 2 heterocycles.